The predicted molar refractivity (Wildman–Crippen MR) is 116 cm³/mol. The van der Waals surface area contributed by atoms with Gasteiger partial charge in [-0.2, -0.15) is 8.42 Å². The molecule has 3 heterocycles. The lowest BCUT2D eigenvalue weighted by atomic mass is 9.96. The van der Waals surface area contributed by atoms with Crippen molar-refractivity contribution in [2.45, 2.75) is 17.7 Å². The number of sulfonamides is 1. The van der Waals surface area contributed by atoms with Crippen molar-refractivity contribution in [2.75, 3.05) is 18.4 Å². The van der Waals surface area contributed by atoms with Crippen molar-refractivity contribution in [1.82, 2.24) is 9.47 Å². The molecule has 1 N–H and O–H groups in total. The Morgan fingerprint density at radius 1 is 1.13 bits per heavy atom. The van der Waals surface area contributed by atoms with Crippen LogP contribution in [0.5, 0.6) is 0 Å². The van der Waals surface area contributed by atoms with Gasteiger partial charge >= 0.3 is 0 Å². The van der Waals surface area contributed by atoms with Crippen LogP contribution >= 0.6 is 0 Å². The second kappa shape index (κ2) is 6.98. The Bertz CT molecular complexity index is 1290. The van der Waals surface area contributed by atoms with Crippen LogP contribution in [0.15, 0.2) is 64.0 Å². The number of carbonyl (C=O) groups is 1. The average molecular weight is 423 g/mol. The first-order valence-corrected chi connectivity index (χ1v) is 11.4. The number of anilines is 1. The molecule has 0 spiro atoms. The fraction of sp³-hybridized carbons (Fsp3) is 0.273. The number of nitrogens with one attached hydrogen (secondary N) is 1. The minimum absolute atomic E-state index is 0.0502. The molecule has 1 saturated heterocycles. The van der Waals surface area contributed by atoms with Crippen LogP contribution in [0.4, 0.5) is 5.69 Å². The standard InChI is InChI=1S/C22H22N4O3S/c1-25-13-11-16-18(8-4-9-19(16)25)23-22(27)15-6-5-12-26(14-15)21-17-7-2-3-10-20(17)30(28,29)24-21/h2-4,7-11,13,15H,5-6,12,14H2,1H3,(H,23,27). The summed E-state index contributed by atoms with van der Waals surface area (Å²) in [5.74, 6) is 0.162. The lowest BCUT2D eigenvalue weighted by Crippen LogP contribution is -2.43. The zero-order valence-electron chi connectivity index (χ0n) is 16.6. The number of amidine groups is 1. The number of amides is 1. The van der Waals surface area contributed by atoms with Gasteiger partial charge < -0.3 is 14.8 Å². The van der Waals surface area contributed by atoms with E-state index in [0.29, 0.717) is 24.5 Å². The third-order valence-electron chi connectivity index (χ3n) is 5.89. The van der Waals surface area contributed by atoms with Gasteiger partial charge in [0.2, 0.25) is 5.91 Å². The number of hydrogen-bond donors (Lipinski definition) is 1. The number of likely N-dealkylation sites (tertiary alicyclic amines) is 1. The molecule has 30 heavy (non-hydrogen) atoms. The summed E-state index contributed by atoms with van der Waals surface area (Å²) in [7, 11) is -1.70. The summed E-state index contributed by atoms with van der Waals surface area (Å²) in [6, 6.07) is 14.7. The van der Waals surface area contributed by atoms with Gasteiger partial charge in [0.05, 0.1) is 11.6 Å². The van der Waals surface area contributed by atoms with Crippen molar-refractivity contribution in [2.24, 2.45) is 17.4 Å². The number of benzene rings is 2. The van der Waals surface area contributed by atoms with Gasteiger partial charge in [-0.25, -0.2) is 0 Å². The molecule has 1 aromatic heterocycles. The number of aryl methyl sites for hydroxylation is 1. The number of piperidine rings is 1. The topological polar surface area (TPSA) is 83.8 Å². The molecule has 8 heteroatoms. The summed E-state index contributed by atoms with van der Waals surface area (Å²) in [6.07, 6.45) is 3.53. The minimum Gasteiger partial charge on any atom is -0.355 e. The molecule has 154 valence electrons. The van der Waals surface area contributed by atoms with Crippen molar-refractivity contribution in [1.29, 1.82) is 0 Å². The van der Waals surface area contributed by atoms with Gasteiger partial charge in [-0.1, -0.05) is 18.2 Å². The number of nitrogens with zero attached hydrogens (tertiary/aromatic N) is 3. The molecule has 5 rings (SSSR count). The molecule has 1 atom stereocenters. The molecular weight excluding hydrogens is 400 g/mol. The summed E-state index contributed by atoms with van der Waals surface area (Å²) in [5, 5.41) is 4.08. The monoisotopic (exact) mass is 422 g/mol. The van der Waals surface area contributed by atoms with E-state index in [9.17, 15) is 13.2 Å². The van der Waals surface area contributed by atoms with Crippen LogP contribution in [0.1, 0.15) is 18.4 Å². The van der Waals surface area contributed by atoms with Gasteiger partial charge in [-0.3, -0.25) is 4.79 Å². The second-order valence-corrected chi connectivity index (χ2v) is 9.40. The normalized spacial score (nSPS) is 20.1. The molecule has 1 amide bonds. The maximum atomic E-state index is 13.0. The molecule has 0 saturated carbocycles. The molecule has 0 bridgehead atoms. The van der Waals surface area contributed by atoms with E-state index in [0.717, 1.165) is 29.4 Å². The van der Waals surface area contributed by atoms with Crippen molar-refractivity contribution in [3.05, 3.63) is 60.3 Å². The molecule has 1 unspecified atom stereocenters. The van der Waals surface area contributed by atoms with Crippen molar-refractivity contribution in [3.8, 4) is 0 Å². The van der Waals surface area contributed by atoms with Gasteiger partial charge in [-0.05, 0) is 43.2 Å². The summed E-state index contributed by atoms with van der Waals surface area (Å²) in [5.41, 5.74) is 2.47. The van der Waals surface area contributed by atoms with Gasteiger partial charge in [0, 0.05) is 42.8 Å². The van der Waals surface area contributed by atoms with E-state index in [4.69, 9.17) is 0 Å². The quantitative estimate of drug-likeness (QED) is 0.688. The summed E-state index contributed by atoms with van der Waals surface area (Å²) < 4.78 is 30.8. The maximum Gasteiger partial charge on any atom is 0.285 e. The molecule has 3 aromatic rings. The van der Waals surface area contributed by atoms with Gasteiger partial charge in [-0.15, -0.1) is 4.40 Å². The number of rotatable bonds is 2. The van der Waals surface area contributed by atoms with Gasteiger partial charge in [0.15, 0.2) is 5.84 Å². The molecule has 0 aliphatic carbocycles. The fourth-order valence-electron chi connectivity index (χ4n) is 4.35. The number of fused-ring (bicyclic) bond motifs is 2. The third kappa shape index (κ3) is 3.08. The molecule has 2 aromatic carbocycles. The van der Waals surface area contributed by atoms with E-state index in [1.54, 1.807) is 18.2 Å². The van der Waals surface area contributed by atoms with Crippen LogP contribution in [0, 0.1) is 5.92 Å². The largest absolute Gasteiger partial charge is 0.355 e. The van der Waals surface area contributed by atoms with Gasteiger partial charge in [0.1, 0.15) is 4.90 Å². The second-order valence-electron chi connectivity index (χ2n) is 7.83. The zero-order valence-corrected chi connectivity index (χ0v) is 17.4. The molecule has 1 fully saturated rings. The van der Waals surface area contributed by atoms with Crippen molar-refractivity contribution in [3.63, 3.8) is 0 Å². The minimum atomic E-state index is -3.67. The Morgan fingerprint density at radius 3 is 2.83 bits per heavy atom. The SMILES string of the molecule is Cn1ccc2c(NC(=O)C3CCCN(C4=NS(=O)(=O)c5ccccc54)C3)cccc21. The first-order valence-electron chi connectivity index (χ1n) is 9.98. The van der Waals surface area contributed by atoms with E-state index in [1.165, 1.54) is 0 Å². The average Bonchev–Trinajstić information content (AvgIpc) is 3.26. The van der Waals surface area contributed by atoms with Crippen LogP contribution in [0.3, 0.4) is 0 Å². The molecular formula is C22H22N4O3S. The lowest BCUT2D eigenvalue weighted by molar-refractivity contribution is -0.121. The first-order chi connectivity index (χ1) is 14.4. The predicted octanol–water partition coefficient (Wildman–Crippen LogP) is 2.98. The third-order valence-corrected chi connectivity index (χ3v) is 7.22. The van der Waals surface area contributed by atoms with Gasteiger partial charge in [0.25, 0.3) is 10.0 Å². The van der Waals surface area contributed by atoms with E-state index in [1.807, 2.05) is 53.0 Å². The molecule has 0 radical (unpaired) electrons. The Kier molecular flexibility index (Phi) is 4.39. The lowest BCUT2D eigenvalue weighted by Gasteiger charge is -2.33. The molecule has 7 nitrogen and oxygen atoms in total. The number of carbonyl (C=O) groups excluding carboxylic acids is 1. The van der Waals surface area contributed by atoms with Crippen LogP contribution in [0.25, 0.3) is 10.9 Å². The summed E-state index contributed by atoms with van der Waals surface area (Å²) in [6.45, 7) is 1.13. The van der Waals surface area contributed by atoms with E-state index in [2.05, 4.69) is 9.71 Å². The van der Waals surface area contributed by atoms with Crippen LogP contribution < -0.4 is 5.32 Å². The van der Waals surface area contributed by atoms with Crippen LogP contribution in [0.2, 0.25) is 0 Å². The highest BCUT2D eigenvalue weighted by Crippen LogP contribution is 2.30. The van der Waals surface area contributed by atoms with Crippen molar-refractivity contribution < 1.29 is 13.2 Å². The Balaban J connectivity index is 1.38. The first kappa shape index (κ1) is 18.9. The Morgan fingerprint density at radius 2 is 1.97 bits per heavy atom. The highest BCUT2D eigenvalue weighted by molar-refractivity contribution is 7.90. The molecule has 2 aliphatic heterocycles. The smallest absolute Gasteiger partial charge is 0.285 e. The summed E-state index contributed by atoms with van der Waals surface area (Å²) >= 11 is 0. The highest BCUT2D eigenvalue weighted by Gasteiger charge is 2.35. The summed E-state index contributed by atoms with van der Waals surface area (Å²) in [4.78, 5) is 15.2. The van der Waals surface area contributed by atoms with E-state index >= 15 is 0 Å². The van der Waals surface area contributed by atoms with E-state index in [-0.39, 0.29) is 16.7 Å². The van der Waals surface area contributed by atoms with Crippen LogP contribution in [-0.4, -0.2) is 42.7 Å². The van der Waals surface area contributed by atoms with E-state index < -0.39 is 10.0 Å². The van der Waals surface area contributed by atoms with Crippen molar-refractivity contribution >= 4 is 38.4 Å². The Labute approximate surface area is 175 Å². The maximum absolute atomic E-state index is 13.0. The zero-order chi connectivity index (χ0) is 20.9. The van der Waals surface area contributed by atoms with Crippen LogP contribution in [-0.2, 0) is 21.9 Å². The fourth-order valence-corrected chi connectivity index (χ4v) is 5.57. The number of aromatic nitrogens is 1. The number of hydrogen-bond acceptors (Lipinski definition) is 4. The molecule has 2 aliphatic rings. The highest BCUT2D eigenvalue weighted by atomic mass is 32.2. The Hall–Kier alpha value is -3.13.